The molecule has 0 radical (unpaired) electrons. The monoisotopic (exact) mass is 286 g/mol. The summed E-state index contributed by atoms with van der Waals surface area (Å²) < 4.78 is 32.2. The molecule has 0 amide bonds. The normalized spacial score (nSPS) is 17.4. The second-order valence-corrected chi connectivity index (χ2v) is 5.40. The fraction of sp³-hybridized carbons (Fsp3) is 0.600. The minimum atomic E-state index is -0.859. The summed E-state index contributed by atoms with van der Waals surface area (Å²) in [4.78, 5) is 0. The molecular formula is C15H20F2O3. The third-order valence-electron chi connectivity index (χ3n) is 3.74. The zero-order valence-electron chi connectivity index (χ0n) is 11.3. The molecule has 1 atom stereocenters. The van der Waals surface area contributed by atoms with Crippen LogP contribution in [0.5, 0.6) is 5.75 Å². The first-order chi connectivity index (χ1) is 9.60. The van der Waals surface area contributed by atoms with E-state index in [-0.39, 0.29) is 12.2 Å². The lowest BCUT2D eigenvalue weighted by molar-refractivity contribution is 0.0816. The molecular weight excluding hydrogens is 266 g/mol. The van der Waals surface area contributed by atoms with Gasteiger partial charge >= 0.3 is 0 Å². The van der Waals surface area contributed by atoms with Crippen molar-refractivity contribution < 1.29 is 23.7 Å². The molecule has 5 heteroatoms. The highest BCUT2D eigenvalue weighted by molar-refractivity contribution is 5.31. The maximum absolute atomic E-state index is 13.6. The highest BCUT2D eigenvalue weighted by Gasteiger charge is 2.20. The Labute approximate surface area is 117 Å². The van der Waals surface area contributed by atoms with Crippen molar-refractivity contribution in [2.24, 2.45) is 5.92 Å². The Morgan fingerprint density at radius 3 is 2.35 bits per heavy atom. The summed E-state index contributed by atoms with van der Waals surface area (Å²) in [6.45, 7) is -0.554. The quantitative estimate of drug-likeness (QED) is 0.845. The number of hydrogen-bond acceptors (Lipinski definition) is 3. The Balaban J connectivity index is 1.89. The molecule has 20 heavy (non-hydrogen) atoms. The molecule has 1 fully saturated rings. The van der Waals surface area contributed by atoms with Gasteiger partial charge in [-0.1, -0.05) is 25.7 Å². The van der Waals surface area contributed by atoms with Gasteiger partial charge in [0.2, 0.25) is 0 Å². The first-order valence-corrected chi connectivity index (χ1v) is 6.99. The highest BCUT2D eigenvalue weighted by Crippen LogP contribution is 2.29. The van der Waals surface area contributed by atoms with Crippen molar-refractivity contribution >= 4 is 0 Å². The summed E-state index contributed by atoms with van der Waals surface area (Å²) in [7, 11) is 0. The summed E-state index contributed by atoms with van der Waals surface area (Å²) >= 11 is 0. The van der Waals surface area contributed by atoms with E-state index in [0.29, 0.717) is 12.3 Å². The van der Waals surface area contributed by atoms with E-state index in [1.165, 1.54) is 12.8 Å². The number of rotatable bonds is 6. The van der Waals surface area contributed by atoms with Crippen LogP contribution in [-0.2, 0) is 6.61 Å². The van der Waals surface area contributed by atoms with Crippen molar-refractivity contribution in [3.05, 3.63) is 29.3 Å². The van der Waals surface area contributed by atoms with Gasteiger partial charge in [-0.3, -0.25) is 0 Å². The van der Waals surface area contributed by atoms with Crippen LogP contribution in [0.25, 0.3) is 0 Å². The van der Waals surface area contributed by atoms with Crippen molar-refractivity contribution in [2.75, 3.05) is 6.61 Å². The summed E-state index contributed by atoms with van der Waals surface area (Å²) in [6.07, 6.45) is 4.47. The van der Waals surface area contributed by atoms with Crippen LogP contribution in [0, 0.1) is 17.6 Å². The Morgan fingerprint density at radius 2 is 1.80 bits per heavy atom. The van der Waals surface area contributed by atoms with Gasteiger partial charge in [0.25, 0.3) is 0 Å². The van der Waals surface area contributed by atoms with E-state index >= 15 is 0 Å². The van der Waals surface area contributed by atoms with Gasteiger partial charge in [-0.2, -0.15) is 0 Å². The van der Waals surface area contributed by atoms with E-state index in [1.54, 1.807) is 0 Å². The first kappa shape index (κ1) is 15.2. The van der Waals surface area contributed by atoms with Gasteiger partial charge in [0.05, 0.1) is 12.7 Å². The van der Waals surface area contributed by atoms with Gasteiger partial charge < -0.3 is 14.9 Å². The van der Waals surface area contributed by atoms with Crippen LogP contribution in [0.1, 0.15) is 37.7 Å². The van der Waals surface area contributed by atoms with Crippen molar-refractivity contribution in [1.82, 2.24) is 0 Å². The summed E-state index contributed by atoms with van der Waals surface area (Å²) in [6, 6.07) is 2.06. The van der Waals surface area contributed by atoms with Crippen LogP contribution in [0.3, 0.4) is 0 Å². The standard InChI is InChI=1S/C15H20F2O3/c16-13-6-11(8-18)7-14(17)15(13)20-9-12(19)5-10-3-1-2-4-10/h6-7,10,12,18-19H,1-5,8-9H2. The fourth-order valence-corrected chi connectivity index (χ4v) is 2.72. The molecule has 1 aromatic carbocycles. The van der Waals surface area contributed by atoms with E-state index in [2.05, 4.69) is 0 Å². The SMILES string of the molecule is OCc1cc(F)c(OCC(O)CC2CCCC2)c(F)c1. The van der Waals surface area contributed by atoms with E-state index in [1.807, 2.05) is 0 Å². The van der Waals surface area contributed by atoms with Crippen molar-refractivity contribution in [2.45, 2.75) is 44.8 Å². The fourth-order valence-electron chi connectivity index (χ4n) is 2.72. The molecule has 1 aliphatic rings. The van der Waals surface area contributed by atoms with Crippen LogP contribution in [0.2, 0.25) is 0 Å². The Kier molecular flexibility index (Phi) is 5.31. The number of aliphatic hydroxyl groups is 2. The van der Waals surface area contributed by atoms with Crippen LogP contribution in [0.15, 0.2) is 12.1 Å². The molecule has 112 valence electrons. The average molecular weight is 286 g/mol. The van der Waals surface area contributed by atoms with Gasteiger partial charge in [-0.05, 0) is 30.0 Å². The molecule has 0 aromatic heterocycles. The molecule has 0 spiro atoms. The number of ether oxygens (including phenoxy) is 1. The lowest BCUT2D eigenvalue weighted by Crippen LogP contribution is -2.21. The molecule has 1 unspecified atom stereocenters. The smallest absolute Gasteiger partial charge is 0.190 e. The largest absolute Gasteiger partial charge is 0.485 e. The molecule has 1 saturated carbocycles. The lowest BCUT2D eigenvalue weighted by atomic mass is 10.0. The first-order valence-electron chi connectivity index (χ1n) is 6.99. The third-order valence-corrected chi connectivity index (χ3v) is 3.74. The van der Waals surface area contributed by atoms with Gasteiger partial charge in [0.1, 0.15) is 6.61 Å². The molecule has 2 N–H and O–H groups in total. The predicted molar refractivity (Wildman–Crippen MR) is 70.4 cm³/mol. The van der Waals surface area contributed by atoms with Crippen molar-refractivity contribution in [3.63, 3.8) is 0 Å². The zero-order chi connectivity index (χ0) is 14.5. The molecule has 2 rings (SSSR count). The number of aliphatic hydroxyl groups excluding tert-OH is 2. The Bertz CT molecular complexity index is 422. The zero-order valence-corrected chi connectivity index (χ0v) is 11.3. The highest BCUT2D eigenvalue weighted by atomic mass is 19.1. The topological polar surface area (TPSA) is 49.7 Å². The van der Waals surface area contributed by atoms with E-state index < -0.39 is 30.1 Å². The maximum Gasteiger partial charge on any atom is 0.190 e. The maximum atomic E-state index is 13.6. The van der Waals surface area contributed by atoms with E-state index in [0.717, 1.165) is 25.0 Å². The summed E-state index contributed by atoms with van der Waals surface area (Å²) in [5.41, 5.74) is 0.152. The average Bonchev–Trinajstić information content (AvgIpc) is 2.90. The van der Waals surface area contributed by atoms with Gasteiger partial charge in [-0.15, -0.1) is 0 Å². The van der Waals surface area contributed by atoms with Crippen LogP contribution >= 0.6 is 0 Å². The van der Waals surface area contributed by atoms with Crippen LogP contribution in [-0.4, -0.2) is 22.9 Å². The molecule has 1 aromatic rings. The number of benzene rings is 1. The molecule has 1 aliphatic carbocycles. The molecule has 0 bridgehead atoms. The number of halogens is 2. The van der Waals surface area contributed by atoms with Gasteiger partial charge in [-0.25, -0.2) is 8.78 Å². The second-order valence-electron chi connectivity index (χ2n) is 5.40. The minimum Gasteiger partial charge on any atom is -0.485 e. The predicted octanol–water partition coefficient (Wildman–Crippen LogP) is 2.78. The van der Waals surface area contributed by atoms with E-state index in [9.17, 15) is 13.9 Å². The van der Waals surface area contributed by atoms with E-state index in [4.69, 9.17) is 9.84 Å². The molecule has 3 nitrogen and oxygen atoms in total. The summed E-state index contributed by atoms with van der Waals surface area (Å²) in [5, 5.41) is 18.7. The van der Waals surface area contributed by atoms with Crippen molar-refractivity contribution in [3.8, 4) is 5.75 Å². The van der Waals surface area contributed by atoms with Crippen LogP contribution < -0.4 is 4.74 Å². The van der Waals surface area contributed by atoms with Gasteiger partial charge in [0, 0.05) is 0 Å². The van der Waals surface area contributed by atoms with Crippen LogP contribution in [0.4, 0.5) is 8.78 Å². The Hall–Kier alpha value is -1.20. The molecule has 0 aliphatic heterocycles. The molecule has 0 saturated heterocycles. The van der Waals surface area contributed by atoms with Crippen molar-refractivity contribution in [1.29, 1.82) is 0 Å². The Morgan fingerprint density at radius 1 is 1.20 bits per heavy atom. The summed E-state index contributed by atoms with van der Waals surface area (Å²) in [5.74, 6) is -1.73. The molecule has 0 heterocycles. The lowest BCUT2D eigenvalue weighted by Gasteiger charge is -2.16. The third kappa shape index (κ3) is 3.90. The second kappa shape index (κ2) is 6.99. The number of hydrogen-bond donors (Lipinski definition) is 2. The minimum absolute atomic E-state index is 0.122. The van der Waals surface area contributed by atoms with Gasteiger partial charge in [0.15, 0.2) is 17.4 Å².